The number of aliphatic hydroxyl groups excluding tert-OH is 1. The monoisotopic (exact) mass is 585 g/mol. The number of anilines is 2. The van der Waals surface area contributed by atoms with E-state index in [1.54, 1.807) is 0 Å². The highest BCUT2D eigenvalue weighted by Crippen LogP contribution is 2.53. The van der Waals surface area contributed by atoms with Gasteiger partial charge in [0.2, 0.25) is 17.5 Å². The first kappa shape index (κ1) is 29.4. The Balaban J connectivity index is 1.55. The number of fused-ring (bicyclic) bond motifs is 6. The highest BCUT2D eigenvalue weighted by molar-refractivity contribution is 6.31. The molecule has 0 saturated carbocycles. The van der Waals surface area contributed by atoms with E-state index >= 15 is 0 Å². The number of carbonyl (C=O) groups excluding carboxylic acids is 3. The summed E-state index contributed by atoms with van der Waals surface area (Å²) in [5, 5.41) is 17.6. The van der Waals surface area contributed by atoms with Gasteiger partial charge < -0.3 is 20.6 Å². The Morgan fingerprint density at radius 2 is 1.63 bits per heavy atom. The Labute approximate surface area is 254 Å². The number of allylic oxidation sites excluding steroid dienone is 4. The second kappa shape index (κ2) is 9.41. The van der Waals surface area contributed by atoms with Crippen molar-refractivity contribution >= 4 is 40.3 Å². The molecule has 8 nitrogen and oxygen atoms in total. The highest BCUT2D eigenvalue weighted by atomic mass is 16.3. The van der Waals surface area contributed by atoms with E-state index in [1.165, 1.54) is 0 Å². The molecule has 4 heterocycles. The van der Waals surface area contributed by atoms with E-state index in [9.17, 15) is 19.5 Å². The van der Waals surface area contributed by atoms with Gasteiger partial charge in [0, 0.05) is 52.0 Å². The fourth-order valence-corrected chi connectivity index (χ4v) is 8.10. The quantitative estimate of drug-likeness (QED) is 0.326. The zero-order valence-electron chi connectivity index (χ0n) is 27.0. The minimum atomic E-state index is -0.815. The largest absolute Gasteiger partial charge is 0.511 e. The summed E-state index contributed by atoms with van der Waals surface area (Å²) in [6.45, 7) is 21.7. The SMILES string of the molecule is CC(C)N1c2cc3c(cc2C(C)(C)C1C)C1=C(O)C(C1=O)C1C=C2C(=[N+](C(C)C)C(C)C2(C)C)C=C1NC(=O)CC(=O)N3. The first-order valence-corrected chi connectivity index (χ1v) is 15.6. The van der Waals surface area contributed by atoms with Crippen LogP contribution in [0.1, 0.15) is 86.8 Å². The number of carbonyl (C=O) groups is 3. The van der Waals surface area contributed by atoms with E-state index in [0.29, 0.717) is 16.9 Å². The molecule has 43 heavy (non-hydrogen) atoms. The lowest BCUT2D eigenvalue weighted by Gasteiger charge is -2.37. The van der Waals surface area contributed by atoms with E-state index < -0.39 is 23.7 Å². The van der Waals surface area contributed by atoms with Crippen LogP contribution in [0.2, 0.25) is 0 Å². The van der Waals surface area contributed by atoms with Crippen molar-refractivity contribution in [2.45, 2.75) is 105 Å². The molecular formula is C35H45N4O4+. The van der Waals surface area contributed by atoms with Crippen LogP contribution in [0.15, 0.2) is 41.3 Å². The molecule has 2 bridgehead atoms. The Hall–Kier alpha value is -3.68. The Morgan fingerprint density at radius 1 is 0.977 bits per heavy atom. The van der Waals surface area contributed by atoms with Crippen LogP contribution in [0.25, 0.3) is 5.57 Å². The van der Waals surface area contributed by atoms with Gasteiger partial charge in [0.15, 0.2) is 11.8 Å². The molecule has 1 aromatic rings. The number of aliphatic hydroxyl groups is 1. The van der Waals surface area contributed by atoms with Gasteiger partial charge >= 0.3 is 0 Å². The molecule has 8 heteroatoms. The lowest BCUT2D eigenvalue weighted by molar-refractivity contribution is -0.593. The Kier molecular flexibility index (Phi) is 6.43. The van der Waals surface area contributed by atoms with E-state index in [2.05, 4.69) is 95.4 Å². The fourth-order valence-electron chi connectivity index (χ4n) is 8.10. The number of nitrogens with zero attached hydrogens (tertiary/aromatic N) is 2. The third kappa shape index (κ3) is 4.01. The molecule has 1 aromatic carbocycles. The number of rotatable bonds is 2. The maximum absolute atomic E-state index is 14.1. The van der Waals surface area contributed by atoms with Gasteiger partial charge in [-0.3, -0.25) is 14.4 Å². The van der Waals surface area contributed by atoms with Gasteiger partial charge in [0.1, 0.15) is 18.2 Å². The number of Topliss-reactive ketones (excluding diaryl/α,β-unsaturated/α-hetero) is 1. The molecule has 0 radical (unpaired) electrons. The maximum Gasteiger partial charge on any atom is 0.233 e. The molecule has 2 aliphatic carbocycles. The van der Waals surface area contributed by atoms with E-state index in [1.807, 2.05) is 18.2 Å². The third-order valence-electron chi connectivity index (χ3n) is 11.0. The predicted octanol–water partition coefficient (Wildman–Crippen LogP) is 5.24. The summed E-state index contributed by atoms with van der Waals surface area (Å²) < 4.78 is 2.34. The van der Waals surface area contributed by atoms with Crippen molar-refractivity contribution in [3.63, 3.8) is 0 Å². The van der Waals surface area contributed by atoms with Crippen LogP contribution >= 0.6 is 0 Å². The normalized spacial score (nSPS) is 29.1. The van der Waals surface area contributed by atoms with Gasteiger partial charge in [-0.25, -0.2) is 4.58 Å². The first-order chi connectivity index (χ1) is 20.0. The van der Waals surface area contributed by atoms with Crippen molar-refractivity contribution in [3.8, 4) is 0 Å². The summed E-state index contributed by atoms with van der Waals surface area (Å²) in [6.07, 6.45) is 3.67. The number of benzene rings is 1. The molecule has 2 amide bonds. The maximum atomic E-state index is 14.1. The number of nitrogens with one attached hydrogen (secondary N) is 2. The molecule has 4 atom stereocenters. The van der Waals surface area contributed by atoms with Gasteiger partial charge in [-0.2, -0.15) is 0 Å². The lowest BCUT2D eigenvalue weighted by Crippen LogP contribution is -2.43. The molecular weight excluding hydrogens is 540 g/mol. The fraction of sp³-hybridized carbons (Fsp3) is 0.543. The van der Waals surface area contributed by atoms with E-state index in [-0.39, 0.29) is 58.5 Å². The van der Waals surface area contributed by atoms with Gasteiger partial charge in [-0.1, -0.05) is 19.9 Å². The van der Waals surface area contributed by atoms with E-state index in [4.69, 9.17) is 0 Å². The topological polar surface area (TPSA) is 102 Å². The van der Waals surface area contributed by atoms with Crippen LogP contribution in [0.3, 0.4) is 0 Å². The minimum Gasteiger partial charge on any atom is -0.511 e. The molecule has 0 fully saturated rings. The van der Waals surface area contributed by atoms with Crippen LogP contribution < -0.4 is 15.5 Å². The second-order valence-corrected chi connectivity index (χ2v) is 14.7. The zero-order valence-corrected chi connectivity index (χ0v) is 27.0. The van der Waals surface area contributed by atoms with Crippen molar-refractivity contribution in [3.05, 3.63) is 52.4 Å². The molecule has 6 aliphatic rings. The standard InChI is InChI=1S/C35H44N4O4/c1-16(2)38-18(5)34(7,8)22-11-20-24(13-26(22)38)36-28(40)15-29(41)37-25-14-27-23(35(9,10)19(6)39(27)17(3)4)12-21(25)31-32(42)30(20)33(31)43/h11-14,16-20,30H,15H2,1-10H3,(H2,37,41,42,43)/p+1. The number of ketones is 1. The summed E-state index contributed by atoms with van der Waals surface area (Å²) in [6, 6.07) is 4.68. The van der Waals surface area contributed by atoms with Crippen LogP contribution in [0.4, 0.5) is 11.4 Å². The van der Waals surface area contributed by atoms with Crippen molar-refractivity contribution < 1.29 is 24.1 Å². The summed E-state index contributed by atoms with van der Waals surface area (Å²) in [5.74, 6) is -2.48. The van der Waals surface area contributed by atoms with Gasteiger partial charge in [0.25, 0.3) is 0 Å². The summed E-state index contributed by atoms with van der Waals surface area (Å²) >= 11 is 0. The summed E-state index contributed by atoms with van der Waals surface area (Å²) in [7, 11) is 0. The summed E-state index contributed by atoms with van der Waals surface area (Å²) in [5.41, 5.74) is 5.48. The van der Waals surface area contributed by atoms with Crippen LogP contribution in [0, 0.1) is 17.3 Å². The molecule has 4 aliphatic heterocycles. The van der Waals surface area contributed by atoms with Crippen LogP contribution in [0.5, 0.6) is 0 Å². The Bertz CT molecular complexity index is 1620. The average Bonchev–Trinajstić information content (AvgIpc) is 3.20. The smallest absolute Gasteiger partial charge is 0.233 e. The lowest BCUT2D eigenvalue weighted by atomic mass is 9.66. The van der Waals surface area contributed by atoms with Crippen molar-refractivity contribution in [2.24, 2.45) is 17.3 Å². The van der Waals surface area contributed by atoms with Crippen molar-refractivity contribution in [1.29, 1.82) is 0 Å². The molecule has 4 unspecified atom stereocenters. The minimum absolute atomic E-state index is 0.000561. The first-order valence-electron chi connectivity index (χ1n) is 15.6. The van der Waals surface area contributed by atoms with E-state index in [0.717, 1.165) is 22.5 Å². The summed E-state index contributed by atoms with van der Waals surface area (Å²) in [4.78, 5) is 43.0. The molecule has 0 spiro atoms. The van der Waals surface area contributed by atoms with Crippen molar-refractivity contribution in [2.75, 3.05) is 10.2 Å². The number of hydrogen-bond donors (Lipinski definition) is 3. The van der Waals surface area contributed by atoms with Gasteiger partial charge in [-0.05, 0) is 73.1 Å². The van der Waals surface area contributed by atoms with Crippen molar-refractivity contribution in [1.82, 2.24) is 5.32 Å². The predicted molar refractivity (Wildman–Crippen MR) is 169 cm³/mol. The molecule has 7 rings (SSSR count). The van der Waals surface area contributed by atoms with Gasteiger partial charge in [-0.15, -0.1) is 0 Å². The second-order valence-electron chi connectivity index (χ2n) is 14.7. The molecule has 228 valence electrons. The van der Waals surface area contributed by atoms with Gasteiger partial charge in [0.05, 0.1) is 22.6 Å². The average molecular weight is 586 g/mol. The zero-order chi connectivity index (χ0) is 31.5. The molecule has 3 N–H and O–H groups in total. The molecule has 0 saturated heterocycles. The molecule has 0 aromatic heterocycles. The number of amides is 2. The highest BCUT2D eigenvalue weighted by Gasteiger charge is 2.55. The third-order valence-corrected chi connectivity index (χ3v) is 11.0. The van der Waals surface area contributed by atoms with Crippen LogP contribution in [-0.4, -0.2) is 57.2 Å². The van der Waals surface area contributed by atoms with Crippen LogP contribution in [-0.2, 0) is 19.8 Å². The number of hydrogen-bond acceptors (Lipinski definition) is 5. The Morgan fingerprint density at radius 3 is 2.23 bits per heavy atom.